The second-order valence-electron chi connectivity index (χ2n) is 5.08. The zero-order valence-corrected chi connectivity index (χ0v) is 13.0. The summed E-state index contributed by atoms with van der Waals surface area (Å²) in [5, 5.41) is 6.85. The first kappa shape index (κ1) is 14.2. The van der Waals surface area contributed by atoms with E-state index < -0.39 is 0 Å². The minimum Gasteiger partial charge on any atom is -0.304 e. The Balaban J connectivity index is 2.08. The molecule has 102 valence electrons. The van der Waals surface area contributed by atoms with Crippen molar-refractivity contribution in [2.24, 2.45) is 0 Å². The standard InChI is InChI=1S/C16H22N2S/c1-5-15(16-17-6-7-19-16)18-10-14-9-12(3)11(2)8-13(14)4/h6-9,15,18H,5,10H2,1-4H3. The van der Waals surface area contributed by atoms with Crippen molar-refractivity contribution >= 4 is 11.3 Å². The average molecular weight is 274 g/mol. The number of nitrogens with one attached hydrogen (secondary N) is 1. The van der Waals surface area contributed by atoms with Gasteiger partial charge in [-0.15, -0.1) is 11.3 Å². The normalized spacial score (nSPS) is 12.6. The van der Waals surface area contributed by atoms with E-state index in [0.717, 1.165) is 13.0 Å². The Labute approximate surface area is 119 Å². The van der Waals surface area contributed by atoms with E-state index in [1.807, 2.05) is 11.6 Å². The third-order valence-electron chi connectivity index (χ3n) is 3.65. The molecule has 2 rings (SSSR count). The lowest BCUT2D eigenvalue weighted by Gasteiger charge is -2.16. The van der Waals surface area contributed by atoms with Crippen molar-refractivity contribution in [3.05, 3.63) is 51.0 Å². The fourth-order valence-corrected chi connectivity index (χ4v) is 3.05. The largest absolute Gasteiger partial charge is 0.304 e. The molecule has 0 aliphatic carbocycles. The van der Waals surface area contributed by atoms with Gasteiger partial charge in [0.15, 0.2) is 0 Å². The van der Waals surface area contributed by atoms with Crippen molar-refractivity contribution in [1.82, 2.24) is 10.3 Å². The summed E-state index contributed by atoms with van der Waals surface area (Å²) >= 11 is 1.73. The Morgan fingerprint density at radius 1 is 1.16 bits per heavy atom. The lowest BCUT2D eigenvalue weighted by atomic mass is 10.0. The first-order valence-electron chi connectivity index (χ1n) is 6.81. The lowest BCUT2D eigenvalue weighted by Crippen LogP contribution is -2.20. The smallest absolute Gasteiger partial charge is 0.109 e. The second-order valence-corrected chi connectivity index (χ2v) is 6.00. The quantitative estimate of drug-likeness (QED) is 0.879. The van der Waals surface area contributed by atoms with Gasteiger partial charge in [0.2, 0.25) is 0 Å². The van der Waals surface area contributed by atoms with Crippen LogP contribution in [0.2, 0.25) is 0 Å². The summed E-state index contributed by atoms with van der Waals surface area (Å²) in [5.41, 5.74) is 5.49. The van der Waals surface area contributed by atoms with Gasteiger partial charge in [0, 0.05) is 18.1 Å². The minimum absolute atomic E-state index is 0.362. The van der Waals surface area contributed by atoms with Gasteiger partial charge in [-0.1, -0.05) is 19.1 Å². The fraction of sp³-hybridized carbons (Fsp3) is 0.438. The molecule has 0 aliphatic rings. The van der Waals surface area contributed by atoms with Crippen LogP contribution in [0.3, 0.4) is 0 Å². The summed E-state index contributed by atoms with van der Waals surface area (Å²) in [6, 6.07) is 4.93. The van der Waals surface area contributed by atoms with Crippen molar-refractivity contribution in [2.45, 2.75) is 46.7 Å². The molecule has 0 fully saturated rings. The molecule has 3 heteroatoms. The second kappa shape index (κ2) is 6.31. The number of nitrogens with zero attached hydrogens (tertiary/aromatic N) is 1. The molecule has 1 aromatic carbocycles. The molecule has 0 amide bonds. The monoisotopic (exact) mass is 274 g/mol. The molecule has 1 unspecified atom stereocenters. The Kier molecular flexibility index (Phi) is 4.72. The van der Waals surface area contributed by atoms with E-state index >= 15 is 0 Å². The SMILES string of the molecule is CCC(NCc1cc(C)c(C)cc1C)c1nccs1. The molecule has 2 nitrogen and oxygen atoms in total. The minimum atomic E-state index is 0.362. The molecular formula is C16H22N2S. The van der Waals surface area contributed by atoms with Gasteiger partial charge in [-0.3, -0.25) is 0 Å². The number of benzene rings is 1. The van der Waals surface area contributed by atoms with E-state index in [1.165, 1.54) is 27.3 Å². The lowest BCUT2D eigenvalue weighted by molar-refractivity contribution is 0.515. The number of hydrogen-bond acceptors (Lipinski definition) is 3. The predicted octanol–water partition coefficient (Wildman–Crippen LogP) is 4.31. The maximum atomic E-state index is 4.41. The van der Waals surface area contributed by atoms with Gasteiger partial charge < -0.3 is 5.32 Å². The van der Waals surface area contributed by atoms with Crippen LogP contribution in [0.1, 0.15) is 46.6 Å². The summed E-state index contributed by atoms with van der Waals surface area (Å²) < 4.78 is 0. The van der Waals surface area contributed by atoms with Crippen LogP contribution >= 0.6 is 11.3 Å². The van der Waals surface area contributed by atoms with Gasteiger partial charge in [0.25, 0.3) is 0 Å². The van der Waals surface area contributed by atoms with Crippen LogP contribution < -0.4 is 5.32 Å². The highest BCUT2D eigenvalue weighted by atomic mass is 32.1. The van der Waals surface area contributed by atoms with E-state index in [2.05, 4.69) is 50.1 Å². The number of thiazole rings is 1. The number of hydrogen-bond donors (Lipinski definition) is 1. The van der Waals surface area contributed by atoms with Crippen LogP contribution in [0.25, 0.3) is 0 Å². The van der Waals surface area contributed by atoms with E-state index in [-0.39, 0.29) is 0 Å². The highest BCUT2D eigenvalue weighted by Gasteiger charge is 2.11. The molecule has 1 N–H and O–H groups in total. The highest BCUT2D eigenvalue weighted by Crippen LogP contribution is 2.21. The van der Waals surface area contributed by atoms with E-state index in [4.69, 9.17) is 0 Å². The zero-order chi connectivity index (χ0) is 13.8. The zero-order valence-electron chi connectivity index (χ0n) is 12.2. The molecular weight excluding hydrogens is 252 g/mol. The van der Waals surface area contributed by atoms with Crippen LogP contribution in [0, 0.1) is 20.8 Å². The summed E-state index contributed by atoms with van der Waals surface area (Å²) in [6.07, 6.45) is 2.95. The van der Waals surface area contributed by atoms with Crippen LogP contribution in [-0.2, 0) is 6.54 Å². The molecule has 1 heterocycles. The third-order valence-corrected chi connectivity index (χ3v) is 4.54. The van der Waals surface area contributed by atoms with Crippen molar-refractivity contribution in [2.75, 3.05) is 0 Å². The number of aryl methyl sites for hydroxylation is 3. The van der Waals surface area contributed by atoms with Crippen LogP contribution in [-0.4, -0.2) is 4.98 Å². The van der Waals surface area contributed by atoms with Crippen molar-refractivity contribution in [3.63, 3.8) is 0 Å². The summed E-state index contributed by atoms with van der Waals surface area (Å²) in [4.78, 5) is 4.41. The van der Waals surface area contributed by atoms with Gasteiger partial charge >= 0.3 is 0 Å². The topological polar surface area (TPSA) is 24.9 Å². The summed E-state index contributed by atoms with van der Waals surface area (Å²) in [5.74, 6) is 0. The Morgan fingerprint density at radius 3 is 2.53 bits per heavy atom. The summed E-state index contributed by atoms with van der Waals surface area (Å²) in [7, 11) is 0. The van der Waals surface area contributed by atoms with Gasteiger partial charge in [-0.25, -0.2) is 4.98 Å². The number of aromatic nitrogens is 1. The van der Waals surface area contributed by atoms with Crippen LogP contribution in [0.4, 0.5) is 0 Å². The molecule has 19 heavy (non-hydrogen) atoms. The van der Waals surface area contributed by atoms with Gasteiger partial charge in [-0.05, 0) is 49.4 Å². The molecule has 2 aromatic rings. The molecule has 0 saturated heterocycles. The first-order chi connectivity index (χ1) is 9.11. The van der Waals surface area contributed by atoms with Gasteiger partial charge in [-0.2, -0.15) is 0 Å². The Morgan fingerprint density at radius 2 is 1.89 bits per heavy atom. The Bertz CT molecular complexity index is 532. The predicted molar refractivity (Wildman–Crippen MR) is 82.6 cm³/mol. The van der Waals surface area contributed by atoms with Crippen molar-refractivity contribution in [1.29, 1.82) is 0 Å². The van der Waals surface area contributed by atoms with E-state index in [0.29, 0.717) is 6.04 Å². The average Bonchev–Trinajstić information content (AvgIpc) is 2.90. The van der Waals surface area contributed by atoms with Crippen molar-refractivity contribution < 1.29 is 0 Å². The van der Waals surface area contributed by atoms with Crippen LogP contribution in [0.5, 0.6) is 0 Å². The molecule has 1 atom stereocenters. The number of rotatable bonds is 5. The third kappa shape index (κ3) is 3.43. The first-order valence-corrected chi connectivity index (χ1v) is 7.69. The molecule has 1 aromatic heterocycles. The van der Waals surface area contributed by atoms with Crippen molar-refractivity contribution in [3.8, 4) is 0 Å². The van der Waals surface area contributed by atoms with Gasteiger partial charge in [0.1, 0.15) is 5.01 Å². The highest BCUT2D eigenvalue weighted by molar-refractivity contribution is 7.09. The maximum absolute atomic E-state index is 4.41. The summed E-state index contributed by atoms with van der Waals surface area (Å²) in [6.45, 7) is 9.64. The molecule has 0 saturated carbocycles. The maximum Gasteiger partial charge on any atom is 0.109 e. The fourth-order valence-electron chi connectivity index (χ4n) is 2.26. The van der Waals surface area contributed by atoms with Crippen LogP contribution in [0.15, 0.2) is 23.7 Å². The Hall–Kier alpha value is -1.19. The molecule has 0 bridgehead atoms. The molecule has 0 radical (unpaired) electrons. The van der Waals surface area contributed by atoms with E-state index in [1.54, 1.807) is 11.3 Å². The van der Waals surface area contributed by atoms with Gasteiger partial charge in [0.05, 0.1) is 6.04 Å². The molecule has 0 spiro atoms. The molecule has 0 aliphatic heterocycles. The van der Waals surface area contributed by atoms with E-state index in [9.17, 15) is 0 Å².